The van der Waals surface area contributed by atoms with Crippen LogP contribution in [0.25, 0.3) is 11.0 Å². The van der Waals surface area contributed by atoms with Gasteiger partial charge in [0, 0.05) is 24.8 Å². The van der Waals surface area contributed by atoms with Crippen LogP contribution in [0.4, 0.5) is 0 Å². The number of nitrogens with zero attached hydrogens (tertiary/aromatic N) is 1. The van der Waals surface area contributed by atoms with Gasteiger partial charge in [-0.05, 0) is 12.5 Å². The second kappa shape index (κ2) is 13.7. The van der Waals surface area contributed by atoms with E-state index in [-0.39, 0.29) is 24.5 Å². The number of hydrogen-bond acceptors (Lipinski definition) is 17. The Morgan fingerprint density at radius 3 is 2.37 bits per heavy atom. The average Bonchev–Trinajstić information content (AvgIpc) is 3.57. The third kappa shape index (κ3) is 6.61. The number of fused-ring (bicyclic) bond motifs is 1. The van der Waals surface area contributed by atoms with Gasteiger partial charge in [0.1, 0.15) is 66.5 Å². The number of nitrogens with one attached hydrogen (secondary N) is 2. The van der Waals surface area contributed by atoms with Gasteiger partial charge in [-0.2, -0.15) is 0 Å². The van der Waals surface area contributed by atoms with E-state index in [2.05, 4.69) is 15.0 Å². The van der Waals surface area contributed by atoms with Crippen molar-refractivity contribution in [3.63, 3.8) is 0 Å². The third-order valence-electron chi connectivity index (χ3n) is 7.96. The summed E-state index contributed by atoms with van der Waals surface area (Å²) in [6.45, 7) is -0.728. The molecule has 0 spiro atoms. The number of aromatic amines is 2. The molecule has 242 valence electrons. The number of hydrogen-bond donors (Lipinski definition) is 11. The van der Waals surface area contributed by atoms with Gasteiger partial charge < -0.3 is 82.1 Å². The van der Waals surface area contributed by atoms with Crippen LogP contribution < -0.4 is 28.5 Å². The zero-order valence-corrected chi connectivity index (χ0v) is 23.7. The lowest BCUT2D eigenvalue weighted by Crippen LogP contribution is -2.64. The molecule has 2 aromatic rings. The van der Waals surface area contributed by atoms with Gasteiger partial charge >= 0.3 is 0 Å². The van der Waals surface area contributed by atoms with Crippen molar-refractivity contribution >= 4 is 22.8 Å². The molecule has 15 N–H and O–H groups in total. The lowest BCUT2D eigenvalue weighted by Gasteiger charge is -2.43. The molecule has 5 rings (SSSR count). The molecular weight excluding hydrogens is 594 g/mol. The average molecular weight is 634 g/mol. The minimum absolute atomic E-state index is 0.0242. The fourth-order valence-corrected chi connectivity index (χ4v) is 6.22. The molecule has 2 aliphatic heterocycles. The predicted octanol–water partition coefficient (Wildman–Crippen LogP) is -5.31. The molecule has 18 nitrogen and oxygen atoms in total. The van der Waals surface area contributed by atoms with E-state index >= 15 is 0 Å². The molecule has 1 aliphatic carbocycles. The van der Waals surface area contributed by atoms with E-state index in [1.807, 2.05) is 0 Å². The first kappa shape index (κ1) is 32.6. The van der Waals surface area contributed by atoms with E-state index < -0.39 is 92.2 Å². The summed E-state index contributed by atoms with van der Waals surface area (Å²) in [6.07, 6.45) is -11.9. The molecular formula is C24H39N7O11S. The van der Waals surface area contributed by atoms with Gasteiger partial charge in [-0.3, -0.25) is 4.79 Å². The molecule has 2 saturated heterocycles. The molecule has 43 heavy (non-hydrogen) atoms. The molecule has 0 unspecified atom stereocenters. The third-order valence-corrected chi connectivity index (χ3v) is 8.68. The molecule has 0 bridgehead atoms. The first-order valence-corrected chi connectivity index (χ1v) is 14.8. The molecule has 3 aliphatic rings. The molecule has 3 fully saturated rings. The Balaban J connectivity index is 1.21. The van der Waals surface area contributed by atoms with Crippen LogP contribution in [-0.4, -0.2) is 145 Å². The minimum Gasteiger partial charge on any atom is -0.394 e. The fourth-order valence-electron chi connectivity index (χ4n) is 5.56. The van der Waals surface area contributed by atoms with Crippen LogP contribution in [0.1, 0.15) is 6.42 Å². The smallest absolute Gasteiger partial charge is 0.261 e. The number of H-pyrrole nitrogens is 2. The Morgan fingerprint density at radius 1 is 0.953 bits per heavy atom. The summed E-state index contributed by atoms with van der Waals surface area (Å²) >= 11 is 1.09. The van der Waals surface area contributed by atoms with Crippen molar-refractivity contribution < 1.29 is 49.2 Å². The van der Waals surface area contributed by atoms with Crippen LogP contribution in [0, 0.1) is 0 Å². The number of aromatic nitrogens is 3. The Hall–Kier alpha value is -1.79. The first-order valence-electron chi connectivity index (χ1n) is 13.8. The monoisotopic (exact) mass is 633 g/mol. The number of aliphatic hydroxyl groups excluding tert-OH is 5. The van der Waals surface area contributed by atoms with Crippen molar-refractivity contribution in [1.29, 1.82) is 0 Å². The Kier molecular flexibility index (Phi) is 10.4. The fraction of sp³-hybridized carbons (Fsp3) is 0.750. The standard InChI is InChI=1S/C24H39N7O11S/c25-4-10-13(33)14(34)12(28)22(39-10)42-19-11(5-32)40-23(16(19)36)41-18-9(27)3-8(26)17(15(18)35)38-6-43-24-30-20-7(1-2-29-20)21(37)31-24/h1-2,8-19,22-23,32-36H,3-6,25-28H2,(H2,29,30,31,37)/t8-,9+,10+,11+,12-,13-,14-,15-,16+,17+,18-,19+,22-,23-/m0/s1. The summed E-state index contributed by atoms with van der Waals surface area (Å²) < 4.78 is 28.8. The van der Waals surface area contributed by atoms with E-state index in [0.717, 1.165) is 11.8 Å². The maximum absolute atomic E-state index is 12.2. The van der Waals surface area contributed by atoms with Gasteiger partial charge in [0.05, 0.1) is 18.0 Å². The van der Waals surface area contributed by atoms with Crippen LogP contribution in [0.2, 0.25) is 0 Å². The van der Waals surface area contributed by atoms with Gasteiger partial charge in [0.15, 0.2) is 17.7 Å². The summed E-state index contributed by atoms with van der Waals surface area (Å²) in [6, 6.07) is -1.03. The molecule has 4 heterocycles. The summed E-state index contributed by atoms with van der Waals surface area (Å²) in [7, 11) is 0. The van der Waals surface area contributed by atoms with Crippen molar-refractivity contribution in [1.82, 2.24) is 15.0 Å². The second-order valence-electron chi connectivity index (χ2n) is 10.8. The molecule has 2 aromatic heterocycles. The molecule has 14 atom stereocenters. The summed E-state index contributed by atoms with van der Waals surface area (Å²) in [5, 5.41) is 53.2. The van der Waals surface area contributed by atoms with Gasteiger partial charge in [0.25, 0.3) is 5.56 Å². The van der Waals surface area contributed by atoms with Crippen LogP contribution in [0.3, 0.4) is 0 Å². The van der Waals surface area contributed by atoms with E-state index in [0.29, 0.717) is 16.2 Å². The molecule has 0 amide bonds. The zero-order chi connectivity index (χ0) is 31.0. The van der Waals surface area contributed by atoms with Crippen molar-refractivity contribution in [2.45, 2.75) is 97.2 Å². The van der Waals surface area contributed by atoms with Gasteiger partial charge in [-0.1, -0.05) is 11.8 Å². The lowest BCUT2D eigenvalue weighted by atomic mass is 9.84. The van der Waals surface area contributed by atoms with Gasteiger partial charge in [-0.25, -0.2) is 4.98 Å². The maximum atomic E-state index is 12.2. The van der Waals surface area contributed by atoms with Crippen LogP contribution in [0.5, 0.6) is 0 Å². The van der Waals surface area contributed by atoms with E-state index in [9.17, 15) is 30.3 Å². The summed E-state index contributed by atoms with van der Waals surface area (Å²) in [5.74, 6) is -0.0242. The zero-order valence-electron chi connectivity index (χ0n) is 22.9. The van der Waals surface area contributed by atoms with Crippen molar-refractivity contribution in [2.75, 3.05) is 19.1 Å². The largest absolute Gasteiger partial charge is 0.394 e. The molecule has 0 radical (unpaired) electrons. The highest BCUT2D eigenvalue weighted by atomic mass is 32.2. The minimum atomic E-state index is -1.51. The Bertz CT molecular complexity index is 1270. The predicted molar refractivity (Wildman–Crippen MR) is 148 cm³/mol. The molecule has 19 heteroatoms. The van der Waals surface area contributed by atoms with E-state index in [4.69, 9.17) is 46.6 Å². The van der Waals surface area contributed by atoms with E-state index in [1.54, 1.807) is 12.3 Å². The van der Waals surface area contributed by atoms with Crippen molar-refractivity contribution in [3.8, 4) is 0 Å². The van der Waals surface area contributed by atoms with Gasteiger partial charge in [-0.15, -0.1) is 0 Å². The SMILES string of the molecule is NC[C@H]1O[C@@H](O[C@H]2[C@@H](O)[C@H](O[C@@H]3[C@@H](O)[C@H](OCSc4nc5[nH]ccc5c(=O)[nH]4)[C@@H](N)C[C@H]3N)O[C@@H]2CO)[C@@H](N)[C@H](O)[C@H]1O. The lowest BCUT2D eigenvalue weighted by molar-refractivity contribution is -0.280. The highest BCUT2D eigenvalue weighted by Gasteiger charge is 2.52. The quantitative estimate of drug-likeness (QED) is 0.0661. The number of aliphatic hydroxyl groups is 5. The Morgan fingerprint density at radius 2 is 1.65 bits per heavy atom. The highest BCUT2D eigenvalue weighted by Crippen LogP contribution is 2.33. The summed E-state index contributed by atoms with van der Waals surface area (Å²) in [4.78, 5) is 22.0. The Labute approximate surface area is 248 Å². The van der Waals surface area contributed by atoms with Crippen LogP contribution >= 0.6 is 11.8 Å². The van der Waals surface area contributed by atoms with Gasteiger partial charge in [0.2, 0.25) is 0 Å². The number of rotatable bonds is 10. The number of nitrogens with two attached hydrogens (primary N) is 4. The van der Waals surface area contributed by atoms with E-state index in [1.165, 1.54) is 0 Å². The van der Waals surface area contributed by atoms with Crippen LogP contribution in [0.15, 0.2) is 22.2 Å². The highest BCUT2D eigenvalue weighted by molar-refractivity contribution is 7.99. The second-order valence-corrected chi connectivity index (χ2v) is 11.7. The van der Waals surface area contributed by atoms with Crippen molar-refractivity contribution in [2.24, 2.45) is 22.9 Å². The maximum Gasteiger partial charge on any atom is 0.261 e. The number of thioether (sulfide) groups is 1. The number of ether oxygens (including phenoxy) is 5. The molecule has 1 saturated carbocycles. The normalized spacial score (nSPS) is 42.1. The summed E-state index contributed by atoms with van der Waals surface area (Å²) in [5.41, 5.74) is 24.2. The molecule has 0 aromatic carbocycles. The van der Waals surface area contributed by atoms with Crippen LogP contribution in [-0.2, 0) is 23.7 Å². The topological polar surface area (TPSA) is 313 Å². The first-order chi connectivity index (χ1) is 20.5. The van der Waals surface area contributed by atoms with Crippen molar-refractivity contribution in [3.05, 3.63) is 22.6 Å².